The quantitative estimate of drug-likeness (QED) is 0.664. The number of hydrogen-bond acceptors (Lipinski definition) is 3. The minimum Gasteiger partial charge on any atom is -0.339 e. The van der Waals surface area contributed by atoms with E-state index in [4.69, 9.17) is 4.98 Å². The van der Waals surface area contributed by atoms with E-state index < -0.39 is 0 Å². The first kappa shape index (κ1) is 18.5. The van der Waals surface area contributed by atoms with Crippen molar-refractivity contribution in [1.29, 1.82) is 0 Å². The lowest BCUT2D eigenvalue weighted by Crippen LogP contribution is -2.34. The molecule has 6 nitrogen and oxygen atoms in total. The van der Waals surface area contributed by atoms with Gasteiger partial charge in [0.15, 0.2) is 0 Å². The molecule has 1 saturated heterocycles. The molecule has 1 aromatic carbocycles. The van der Waals surface area contributed by atoms with Crippen LogP contribution in [0.1, 0.15) is 31.0 Å². The molecule has 2 aromatic rings. The van der Waals surface area contributed by atoms with Gasteiger partial charge in [0.2, 0.25) is 11.8 Å². The molecule has 1 aromatic heterocycles. The zero-order chi connectivity index (χ0) is 19.7. The molecule has 2 heterocycles. The first-order valence-electron chi connectivity index (χ1n) is 9.86. The van der Waals surface area contributed by atoms with Crippen LogP contribution >= 0.6 is 0 Å². The molecule has 28 heavy (non-hydrogen) atoms. The number of likely N-dealkylation sites (tertiary alicyclic amines) is 1. The van der Waals surface area contributed by atoms with Crippen LogP contribution in [0.25, 0.3) is 11.0 Å². The smallest absolute Gasteiger partial charge is 0.243 e. The van der Waals surface area contributed by atoms with Gasteiger partial charge in [-0.05, 0) is 25.0 Å². The Morgan fingerprint density at radius 1 is 1.21 bits per heavy atom. The molecule has 0 N–H and O–H groups in total. The van der Waals surface area contributed by atoms with Crippen molar-refractivity contribution in [3.63, 3.8) is 0 Å². The second kappa shape index (κ2) is 7.62. The number of para-hydroxylation sites is 2. The van der Waals surface area contributed by atoms with Crippen LogP contribution in [0.15, 0.2) is 49.6 Å². The van der Waals surface area contributed by atoms with Gasteiger partial charge in [-0.25, -0.2) is 4.98 Å². The Bertz CT molecular complexity index is 918. The highest BCUT2D eigenvalue weighted by Gasteiger charge is 2.41. The van der Waals surface area contributed by atoms with E-state index >= 15 is 0 Å². The summed E-state index contributed by atoms with van der Waals surface area (Å²) in [6, 6.07) is 8.26. The molecule has 1 atom stereocenters. The molecule has 0 radical (unpaired) electrons. The van der Waals surface area contributed by atoms with Crippen LogP contribution < -0.4 is 0 Å². The van der Waals surface area contributed by atoms with Crippen molar-refractivity contribution in [2.24, 2.45) is 0 Å². The van der Waals surface area contributed by atoms with Gasteiger partial charge in [-0.1, -0.05) is 24.3 Å². The number of benzene rings is 1. The Morgan fingerprint density at radius 3 is 2.61 bits per heavy atom. The van der Waals surface area contributed by atoms with E-state index in [2.05, 4.69) is 13.2 Å². The zero-order valence-corrected chi connectivity index (χ0v) is 16.1. The molecule has 2 aliphatic rings. The van der Waals surface area contributed by atoms with Gasteiger partial charge in [-0.3, -0.25) is 9.59 Å². The van der Waals surface area contributed by atoms with Gasteiger partial charge in [0.1, 0.15) is 12.4 Å². The summed E-state index contributed by atoms with van der Waals surface area (Å²) in [5.41, 5.74) is 1.79. The minimum absolute atomic E-state index is 0.00687. The maximum absolute atomic E-state index is 13.0. The van der Waals surface area contributed by atoms with Gasteiger partial charge in [-0.15, -0.1) is 13.2 Å². The summed E-state index contributed by atoms with van der Waals surface area (Å²) in [5.74, 6) is 1.06. The number of carbonyl (C=O) groups is 2. The molecule has 1 unspecified atom stereocenters. The summed E-state index contributed by atoms with van der Waals surface area (Å²) in [6.07, 6.45) is 6.11. The standard InChI is InChI=1S/C22H26N4O2/c1-3-11-24(12-4-2)21(28)15-26-19-8-6-5-7-18(19)23-22(26)16-13-20(27)25(14-16)17-9-10-17/h3-8,16-17H,1-2,9-15H2. The number of nitrogens with zero attached hydrogens (tertiary/aromatic N) is 4. The summed E-state index contributed by atoms with van der Waals surface area (Å²) in [5, 5.41) is 0. The highest BCUT2D eigenvalue weighted by Crippen LogP contribution is 2.37. The van der Waals surface area contributed by atoms with Crippen molar-refractivity contribution in [2.75, 3.05) is 19.6 Å². The number of aromatic nitrogens is 2. The minimum atomic E-state index is -0.00687. The maximum atomic E-state index is 13.0. The Labute approximate surface area is 165 Å². The lowest BCUT2D eigenvalue weighted by molar-refractivity contribution is -0.131. The van der Waals surface area contributed by atoms with Crippen molar-refractivity contribution >= 4 is 22.8 Å². The van der Waals surface area contributed by atoms with Gasteiger partial charge in [0.05, 0.1) is 11.0 Å². The van der Waals surface area contributed by atoms with Crippen LogP contribution in [-0.4, -0.2) is 56.8 Å². The zero-order valence-electron chi connectivity index (χ0n) is 16.1. The molecule has 0 spiro atoms. The lowest BCUT2D eigenvalue weighted by Gasteiger charge is -2.21. The summed E-state index contributed by atoms with van der Waals surface area (Å²) in [4.78, 5) is 33.9. The monoisotopic (exact) mass is 378 g/mol. The van der Waals surface area contributed by atoms with Gasteiger partial charge < -0.3 is 14.4 Å². The van der Waals surface area contributed by atoms with E-state index in [9.17, 15) is 9.59 Å². The van der Waals surface area contributed by atoms with Gasteiger partial charge in [-0.2, -0.15) is 0 Å². The number of carbonyl (C=O) groups excluding carboxylic acids is 2. The predicted octanol–water partition coefficient (Wildman–Crippen LogP) is 2.72. The van der Waals surface area contributed by atoms with E-state index in [-0.39, 0.29) is 24.3 Å². The van der Waals surface area contributed by atoms with E-state index in [0.717, 1.165) is 29.7 Å². The molecule has 1 aliphatic carbocycles. The second-order valence-electron chi connectivity index (χ2n) is 7.60. The van der Waals surface area contributed by atoms with Crippen LogP contribution in [0.5, 0.6) is 0 Å². The average Bonchev–Trinajstić information content (AvgIpc) is 3.37. The summed E-state index contributed by atoms with van der Waals surface area (Å²) in [7, 11) is 0. The second-order valence-corrected chi connectivity index (χ2v) is 7.60. The van der Waals surface area contributed by atoms with Crippen molar-refractivity contribution in [3.8, 4) is 0 Å². The van der Waals surface area contributed by atoms with E-state index in [0.29, 0.717) is 32.1 Å². The fourth-order valence-electron chi connectivity index (χ4n) is 4.04. The fraction of sp³-hybridized carbons (Fsp3) is 0.409. The van der Waals surface area contributed by atoms with Crippen LogP contribution in [0, 0.1) is 0 Å². The summed E-state index contributed by atoms with van der Waals surface area (Å²) >= 11 is 0. The molecule has 1 aliphatic heterocycles. The Kier molecular flexibility index (Phi) is 5.03. The molecule has 0 bridgehead atoms. The highest BCUT2D eigenvalue weighted by atomic mass is 16.2. The SMILES string of the molecule is C=CCN(CC=C)C(=O)Cn1c(C2CC(=O)N(C3CC3)C2)nc2ccccc21. The van der Waals surface area contributed by atoms with Crippen molar-refractivity contribution in [1.82, 2.24) is 19.4 Å². The van der Waals surface area contributed by atoms with Crippen molar-refractivity contribution in [2.45, 2.75) is 37.8 Å². The first-order valence-corrected chi connectivity index (χ1v) is 9.86. The molecule has 4 rings (SSSR count). The largest absolute Gasteiger partial charge is 0.339 e. The van der Waals surface area contributed by atoms with Crippen molar-refractivity contribution < 1.29 is 9.59 Å². The van der Waals surface area contributed by atoms with Crippen LogP contribution in [0.2, 0.25) is 0 Å². The number of amides is 2. The topological polar surface area (TPSA) is 58.4 Å². The molecular weight excluding hydrogens is 352 g/mol. The fourth-order valence-corrected chi connectivity index (χ4v) is 4.04. The third-order valence-electron chi connectivity index (χ3n) is 5.54. The Hall–Kier alpha value is -2.89. The van der Waals surface area contributed by atoms with E-state index in [1.54, 1.807) is 17.1 Å². The predicted molar refractivity (Wildman–Crippen MR) is 109 cm³/mol. The normalized spacial score (nSPS) is 19.2. The van der Waals surface area contributed by atoms with Gasteiger partial charge in [0, 0.05) is 38.0 Å². The molecule has 146 valence electrons. The van der Waals surface area contributed by atoms with Gasteiger partial charge in [0.25, 0.3) is 0 Å². The summed E-state index contributed by atoms with van der Waals surface area (Å²) in [6.45, 7) is 9.33. The third-order valence-corrected chi connectivity index (χ3v) is 5.54. The Morgan fingerprint density at radius 2 is 1.93 bits per heavy atom. The van der Waals surface area contributed by atoms with Crippen LogP contribution in [0.4, 0.5) is 0 Å². The summed E-state index contributed by atoms with van der Waals surface area (Å²) < 4.78 is 1.99. The third kappa shape index (κ3) is 3.46. The number of fused-ring (bicyclic) bond motifs is 1. The molecule has 1 saturated carbocycles. The van der Waals surface area contributed by atoms with Crippen LogP contribution in [0.3, 0.4) is 0 Å². The molecule has 2 amide bonds. The van der Waals surface area contributed by atoms with Crippen LogP contribution in [-0.2, 0) is 16.1 Å². The average molecular weight is 378 g/mol. The lowest BCUT2D eigenvalue weighted by atomic mass is 10.1. The number of imidazole rings is 1. The highest BCUT2D eigenvalue weighted by molar-refractivity contribution is 5.83. The molecule has 6 heteroatoms. The first-order chi connectivity index (χ1) is 13.6. The number of rotatable bonds is 8. The van der Waals surface area contributed by atoms with E-state index in [1.807, 2.05) is 33.7 Å². The Balaban J connectivity index is 1.65. The van der Waals surface area contributed by atoms with Gasteiger partial charge >= 0.3 is 0 Å². The van der Waals surface area contributed by atoms with E-state index in [1.165, 1.54) is 0 Å². The maximum Gasteiger partial charge on any atom is 0.243 e. The molecular formula is C22H26N4O2. The van der Waals surface area contributed by atoms with Crippen molar-refractivity contribution in [3.05, 3.63) is 55.4 Å². The molecule has 2 fully saturated rings. The number of hydrogen-bond donors (Lipinski definition) is 0.